The smallest absolute Gasteiger partial charge is 0.244 e. The van der Waals surface area contributed by atoms with Gasteiger partial charge in [-0.1, -0.05) is 88.9 Å². The molecule has 0 aliphatic rings. The van der Waals surface area contributed by atoms with E-state index in [-0.39, 0.29) is 18.9 Å². The lowest BCUT2D eigenvalue weighted by Gasteiger charge is -2.33. The van der Waals surface area contributed by atoms with Gasteiger partial charge >= 0.3 is 0 Å². The summed E-state index contributed by atoms with van der Waals surface area (Å²) in [6, 6.07) is 18.6. The van der Waals surface area contributed by atoms with Crippen molar-refractivity contribution in [3.63, 3.8) is 0 Å². The van der Waals surface area contributed by atoms with Crippen molar-refractivity contribution in [1.82, 2.24) is 10.2 Å². The molecule has 7 nitrogen and oxygen atoms in total. The molecule has 11 heteroatoms. The van der Waals surface area contributed by atoms with Gasteiger partial charge in [-0.25, -0.2) is 8.42 Å². The molecule has 0 saturated carbocycles. The van der Waals surface area contributed by atoms with E-state index >= 15 is 0 Å². The minimum absolute atomic E-state index is 0.0192. The van der Waals surface area contributed by atoms with Crippen LogP contribution in [0.15, 0.2) is 71.2 Å². The van der Waals surface area contributed by atoms with E-state index in [1.807, 2.05) is 44.2 Å². The first kappa shape index (κ1) is 32.9. The largest absolute Gasteiger partial charge is 0.354 e. The molecule has 0 fully saturated rings. The molecule has 0 saturated heterocycles. The molecule has 3 aromatic rings. The Balaban J connectivity index is 2.06. The van der Waals surface area contributed by atoms with Gasteiger partial charge < -0.3 is 10.2 Å². The molecule has 0 heterocycles. The van der Waals surface area contributed by atoms with Gasteiger partial charge in [0, 0.05) is 24.0 Å². The number of unbranched alkanes of at least 4 members (excludes halogenated alkanes) is 1. The van der Waals surface area contributed by atoms with Crippen LogP contribution in [0.3, 0.4) is 0 Å². The summed E-state index contributed by atoms with van der Waals surface area (Å²) in [7, 11) is -3.85. The third kappa shape index (κ3) is 9.46. The Morgan fingerprint density at radius 3 is 2.29 bits per heavy atom. The first-order valence-electron chi connectivity index (χ1n) is 13.2. The van der Waals surface area contributed by atoms with Crippen LogP contribution in [0.25, 0.3) is 0 Å². The molecule has 0 aromatic heterocycles. The number of hydrogen-bond donors (Lipinski definition) is 1. The summed E-state index contributed by atoms with van der Waals surface area (Å²) >= 11 is 15.8. The van der Waals surface area contributed by atoms with E-state index in [9.17, 15) is 18.0 Å². The maximum absolute atomic E-state index is 14.1. The van der Waals surface area contributed by atoms with Gasteiger partial charge in [-0.05, 0) is 60.4 Å². The number of benzene rings is 3. The molecule has 0 bridgehead atoms. The normalized spacial score (nSPS) is 12.0. The summed E-state index contributed by atoms with van der Waals surface area (Å²) in [4.78, 5) is 29.2. The summed E-state index contributed by atoms with van der Waals surface area (Å²) < 4.78 is 27.7. The predicted molar refractivity (Wildman–Crippen MR) is 170 cm³/mol. The van der Waals surface area contributed by atoms with Gasteiger partial charge in [0.1, 0.15) is 12.6 Å². The van der Waals surface area contributed by atoms with E-state index in [0.29, 0.717) is 27.8 Å². The number of amides is 2. The SMILES string of the molecule is CCCCNC(=O)C(Cc1ccccc1)N(Cc1ccc(Cl)c(Cl)c1)C(=O)CN(c1ccc(Br)c(C)c1)S(C)(=O)=O. The Hall–Kier alpha value is -2.59. The van der Waals surface area contributed by atoms with Crippen molar-refractivity contribution in [3.8, 4) is 0 Å². The van der Waals surface area contributed by atoms with E-state index in [4.69, 9.17) is 23.2 Å². The molecule has 3 rings (SSSR count). The minimum atomic E-state index is -3.85. The van der Waals surface area contributed by atoms with Gasteiger partial charge in [-0.15, -0.1) is 0 Å². The minimum Gasteiger partial charge on any atom is -0.354 e. The number of halogens is 3. The van der Waals surface area contributed by atoms with Crippen LogP contribution in [-0.4, -0.2) is 50.5 Å². The van der Waals surface area contributed by atoms with Gasteiger partial charge in [0.25, 0.3) is 0 Å². The third-order valence-corrected chi connectivity index (χ3v) is 9.32. The van der Waals surface area contributed by atoms with Crippen molar-refractivity contribution in [1.29, 1.82) is 0 Å². The van der Waals surface area contributed by atoms with Crippen LogP contribution in [0.4, 0.5) is 5.69 Å². The van der Waals surface area contributed by atoms with E-state index in [2.05, 4.69) is 21.2 Å². The number of carbonyl (C=O) groups excluding carboxylic acids is 2. The van der Waals surface area contributed by atoms with E-state index in [1.54, 1.807) is 36.4 Å². The Morgan fingerprint density at radius 2 is 1.68 bits per heavy atom. The summed E-state index contributed by atoms with van der Waals surface area (Å²) in [5.74, 6) is -0.852. The molecule has 3 aromatic carbocycles. The van der Waals surface area contributed by atoms with Crippen molar-refractivity contribution in [2.24, 2.45) is 0 Å². The molecule has 1 unspecified atom stereocenters. The van der Waals surface area contributed by atoms with Crippen LogP contribution in [0.5, 0.6) is 0 Å². The molecular weight excluding hydrogens is 649 g/mol. The van der Waals surface area contributed by atoms with Crippen LogP contribution in [0.2, 0.25) is 10.0 Å². The molecule has 2 amide bonds. The lowest BCUT2D eigenvalue weighted by Crippen LogP contribution is -2.53. The number of nitrogens with zero attached hydrogens (tertiary/aromatic N) is 2. The lowest BCUT2D eigenvalue weighted by molar-refractivity contribution is -0.140. The number of nitrogens with one attached hydrogen (secondary N) is 1. The highest BCUT2D eigenvalue weighted by atomic mass is 79.9. The third-order valence-electron chi connectivity index (χ3n) is 6.55. The van der Waals surface area contributed by atoms with Crippen molar-refractivity contribution < 1.29 is 18.0 Å². The fourth-order valence-corrected chi connectivity index (χ4v) is 5.70. The predicted octanol–water partition coefficient (Wildman–Crippen LogP) is 6.39. The zero-order valence-corrected chi connectivity index (χ0v) is 27.2. The number of carbonyl (C=O) groups is 2. The molecular formula is C30H34BrCl2N3O4S. The van der Waals surface area contributed by atoms with Crippen molar-refractivity contribution in [2.45, 2.75) is 45.7 Å². The van der Waals surface area contributed by atoms with Crippen LogP contribution in [0, 0.1) is 6.92 Å². The Labute approximate surface area is 261 Å². The Morgan fingerprint density at radius 1 is 0.976 bits per heavy atom. The first-order chi connectivity index (χ1) is 19.4. The summed E-state index contributed by atoms with van der Waals surface area (Å²) in [6.45, 7) is 3.85. The molecule has 0 spiro atoms. The molecule has 0 aliphatic heterocycles. The quantitative estimate of drug-likeness (QED) is 0.212. The molecule has 220 valence electrons. The molecule has 0 aliphatic carbocycles. The number of anilines is 1. The summed E-state index contributed by atoms with van der Waals surface area (Å²) in [5.41, 5.74) is 2.67. The second-order valence-corrected chi connectivity index (χ2v) is 13.4. The topological polar surface area (TPSA) is 86.8 Å². The number of hydrogen-bond acceptors (Lipinski definition) is 4. The van der Waals surface area contributed by atoms with E-state index in [0.717, 1.165) is 39.0 Å². The van der Waals surface area contributed by atoms with E-state index in [1.165, 1.54) is 4.90 Å². The fraction of sp³-hybridized carbons (Fsp3) is 0.333. The van der Waals surface area contributed by atoms with Crippen LogP contribution in [0.1, 0.15) is 36.5 Å². The highest BCUT2D eigenvalue weighted by molar-refractivity contribution is 9.10. The molecule has 1 atom stereocenters. The Bertz CT molecular complexity index is 1470. The second kappa shape index (κ2) is 15.0. The van der Waals surface area contributed by atoms with Crippen molar-refractivity contribution >= 4 is 66.7 Å². The maximum Gasteiger partial charge on any atom is 0.244 e. The van der Waals surface area contributed by atoms with Gasteiger partial charge in [0.15, 0.2) is 0 Å². The molecule has 0 radical (unpaired) electrons. The maximum atomic E-state index is 14.1. The highest BCUT2D eigenvalue weighted by Crippen LogP contribution is 2.27. The summed E-state index contributed by atoms with van der Waals surface area (Å²) in [5, 5.41) is 3.63. The average Bonchev–Trinajstić information content (AvgIpc) is 2.92. The van der Waals surface area contributed by atoms with Crippen molar-refractivity contribution in [2.75, 3.05) is 23.7 Å². The number of rotatable bonds is 13. The number of sulfonamides is 1. The van der Waals surface area contributed by atoms with Gasteiger partial charge in [-0.2, -0.15) is 0 Å². The summed E-state index contributed by atoms with van der Waals surface area (Å²) in [6.07, 6.45) is 2.97. The standard InChI is InChI=1S/C30H34BrCl2N3O4S/c1-4-5-15-34-30(38)28(18-22-9-7-6-8-10-22)35(19-23-11-14-26(32)27(33)17-23)29(37)20-36(41(3,39)40)24-12-13-25(31)21(2)16-24/h6-14,16-17,28H,4-5,15,18-20H2,1-3H3,(H,34,38). The molecule has 1 N–H and O–H groups in total. The van der Waals surface area contributed by atoms with Crippen LogP contribution in [-0.2, 0) is 32.6 Å². The average molecular weight is 683 g/mol. The van der Waals surface area contributed by atoms with E-state index < -0.39 is 28.5 Å². The zero-order chi connectivity index (χ0) is 30.2. The fourth-order valence-electron chi connectivity index (χ4n) is 4.29. The van der Waals surface area contributed by atoms with Crippen molar-refractivity contribution in [3.05, 3.63) is 97.9 Å². The second-order valence-electron chi connectivity index (χ2n) is 9.82. The monoisotopic (exact) mass is 681 g/mol. The lowest BCUT2D eigenvalue weighted by atomic mass is 10.0. The highest BCUT2D eigenvalue weighted by Gasteiger charge is 2.33. The van der Waals surface area contributed by atoms with Gasteiger partial charge in [0.05, 0.1) is 22.0 Å². The molecule has 41 heavy (non-hydrogen) atoms. The number of aryl methyl sites for hydroxylation is 1. The zero-order valence-electron chi connectivity index (χ0n) is 23.2. The van der Waals surface area contributed by atoms with Crippen LogP contribution < -0.4 is 9.62 Å². The Kier molecular flexibility index (Phi) is 12.1. The first-order valence-corrected chi connectivity index (χ1v) is 16.6. The van der Waals surface area contributed by atoms with Crippen LogP contribution >= 0.6 is 39.1 Å². The van der Waals surface area contributed by atoms with Gasteiger partial charge in [0.2, 0.25) is 21.8 Å². The van der Waals surface area contributed by atoms with Gasteiger partial charge in [-0.3, -0.25) is 13.9 Å².